The summed E-state index contributed by atoms with van der Waals surface area (Å²) >= 11 is 0.639. The Balaban J connectivity index is 2.29. The summed E-state index contributed by atoms with van der Waals surface area (Å²) in [5.74, 6) is 0. The molecule has 1 atom stereocenters. The minimum absolute atomic E-state index is 0.371. The van der Waals surface area contributed by atoms with E-state index < -0.39 is 11.2 Å². The molecule has 0 aliphatic rings. The maximum absolute atomic E-state index is 12.6. The Hall–Kier alpha value is -1.54. The van der Waals surface area contributed by atoms with E-state index in [2.05, 4.69) is 20.3 Å². The van der Waals surface area contributed by atoms with Crippen molar-refractivity contribution in [1.82, 2.24) is 20.3 Å². The Labute approximate surface area is 118 Å². The normalized spacial score (nSPS) is 13.4. The van der Waals surface area contributed by atoms with E-state index in [-0.39, 0.29) is 6.04 Å². The highest BCUT2D eigenvalue weighted by Crippen LogP contribution is 2.35. The Morgan fingerprint density at radius 2 is 1.95 bits per heavy atom. The number of halogens is 3. The van der Waals surface area contributed by atoms with Crippen LogP contribution in [0.15, 0.2) is 24.9 Å². The van der Waals surface area contributed by atoms with Crippen LogP contribution < -0.4 is 5.32 Å². The van der Waals surface area contributed by atoms with E-state index in [1.807, 2.05) is 6.92 Å². The number of nitrogens with zero attached hydrogens (tertiary/aromatic N) is 3. The first-order chi connectivity index (χ1) is 9.52. The third-order valence-corrected chi connectivity index (χ3v) is 3.67. The van der Waals surface area contributed by atoms with Gasteiger partial charge in [-0.05, 0) is 13.0 Å². The SMILES string of the molecule is CCCNC(c1cncnc1)c1cnc(C(F)(F)F)s1. The summed E-state index contributed by atoms with van der Waals surface area (Å²) in [5, 5.41) is 2.35. The topological polar surface area (TPSA) is 50.7 Å². The largest absolute Gasteiger partial charge is 0.443 e. The van der Waals surface area contributed by atoms with Gasteiger partial charge in [-0.2, -0.15) is 13.2 Å². The lowest BCUT2D eigenvalue weighted by atomic mass is 10.1. The second kappa shape index (κ2) is 6.27. The molecule has 0 radical (unpaired) electrons. The minimum atomic E-state index is -4.41. The number of rotatable bonds is 5. The van der Waals surface area contributed by atoms with E-state index in [4.69, 9.17) is 0 Å². The van der Waals surface area contributed by atoms with Gasteiger partial charge >= 0.3 is 6.18 Å². The molecule has 0 saturated heterocycles. The molecular weight excluding hydrogens is 289 g/mol. The van der Waals surface area contributed by atoms with Crippen molar-refractivity contribution in [2.75, 3.05) is 6.54 Å². The number of hydrogen-bond donors (Lipinski definition) is 1. The van der Waals surface area contributed by atoms with Gasteiger partial charge in [0.25, 0.3) is 0 Å². The van der Waals surface area contributed by atoms with Gasteiger partial charge in [0.1, 0.15) is 6.33 Å². The molecular formula is C12H13F3N4S. The van der Waals surface area contributed by atoms with E-state index >= 15 is 0 Å². The zero-order chi connectivity index (χ0) is 14.6. The summed E-state index contributed by atoms with van der Waals surface area (Å²) < 4.78 is 37.9. The monoisotopic (exact) mass is 302 g/mol. The van der Waals surface area contributed by atoms with Crippen LogP contribution >= 0.6 is 11.3 Å². The summed E-state index contributed by atoms with van der Waals surface area (Å²) in [4.78, 5) is 11.8. The number of hydrogen-bond acceptors (Lipinski definition) is 5. The molecule has 2 aromatic rings. The summed E-state index contributed by atoms with van der Waals surface area (Å²) in [6.07, 6.45) is 2.28. The first kappa shape index (κ1) is 14.9. The van der Waals surface area contributed by atoms with Crippen LogP contribution in [-0.4, -0.2) is 21.5 Å². The molecule has 0 aromatic carbocycles. The van der Waals surface area contributed by atoms with Crippen molar-refractivity contribution in [3.05, 3.63) is 40.4 Å². The average molecular weight is 302 g/mol. The van der Waals surface area contributed by atoms with E-state index in [1.165, 1.54) is 12.5 Å². The second-order valence-electron chi connectivity index (χ2n) is 4.12. The molecule has 2 aromatic heterocycles. The predicted molar refractivity (Wildman–Crippen MR) is 69.3 cm³/mol. The molecule has 0 aliphatic carbocycles. The Bertz CT molecular complexity index is 541. The summed E-state index contributed by atoms with van der Waals surface area (Å²) in [6, 6.07) is -0.371. The highest BCUT2D eigenvalue weighted by atomic mass is 32.1. The zero-order valence-corrected chi connectivity index (χ0v) is 11.5. The first-order valence-electron chi connectivity index (χ1n) is 6.03. The highest BCUT2D eigenvalue weighted by Gasteiger charge is 2.35. The van der Waals surface area contributed by atoms with Gasteiger partial charge in [-0.1, -0.05) is 6.92 Å². The van der Waals surface area contributed by atoms with Gasteiger partial charge in [0, 0.05) is 29.0 Å². The molecule has 0 fully saturated rings. The van der Waals surface area contributed by atoms with Gasteiger partial charge in [-0.3, -0.25) is 0 Å². The lowest BCUT2D eigenvalue weighted by Crippen LogP contribution is -2.22. The van der Waals surface area contributed by atoms with Crippen LogP contribution in [0.5, 0.6) is 0 Å². The zero-order valence-electron chi connectivity index (χ0n) is 10.7. The molecule has 0 bridgehead atoms. The van der Waals surface area contributed by atoms with Crippen molar-refractivity contribution >= 4 is 11.3 Å². The van der Waals surface area contributed by atoms with Crippen molar-refractivity contribution < 1.29 is 13.2 Å². The molecule has 108 valence electrons. The van der Waals surface area contributed by atoms with Gasteiger partial charge in [0.2, 0.25) is 0 Å². The molecule has 8 heteroatoms. The fourth-order valence-electron chi connectivity index (χ4n) is 1.68. The minimum Gasteiger partial charge on any atom is -0.305 e. The number of aromatic nitrogens is 3. The summed E-state index contributed by atoms with van der Waals surface area (Å²) in [5.41, 5.74) is 0.721. The molecule has 0 spiro atoms. The molecule has 0 saturated carbocycles. The molecule has 1 unspecified atom stereocenters. The predicted octanol–water partition coefficient (Wildman–Crippen LogP) is 3.04. The highest BCUT2D eigenvalue weighted by molar-refractivity contribution is 7.11. The van der Waals surface area contributed by atoms with Gasteiger partial charge in [-0.15, -0.1) is 11.3 Å². The van der Waals surface area contributed by atoms with Gasteiger partial charge in [-0.25, -0.2) is 15.0 Å². The third-order valence-electron chi connectivity index (χ3n) is 2.56. The maximum atomic E-state index is 12.6. The Morgan fingerprint density at radius 3 is 2.50 bits per heavy atom. The molecule has 2 rings (SSSR count). The van der Waals surface area contributed by atoms with Crippen LogP contribution in [0, 0.1) is 0 Å². The summed E-state index contributed by atoms with van der Waals surface area (Å²) in [6.45, 7) is 2.66. The Kier molecular flexibility index (Phi) is 4.66. The van der Waals surface area contributed by atoms with Gasteiger partial charge in [0.05, 0.1) is 6.04 Å². The van der Waals surface area contributed by atoms with Crippen LogP contribution in [0.4, 0.5) is 13.2 Å². The third kappa shape index (κ3) is 3.51. The second-order valence-corrected chi connectivity index (χ2v) is 5.19. The van der Waals surface area contributed by atoms with Crippen molar-refractivity contribution in [1.29, 1.82) is 0 Å². The molecule has 1 N–H and O–H groups in total. The smallest absolute Gasteiger partial charge is 0.305 e. The quantitative estimate of drug-likeness (QED) is 0.922. The lowest BCUT2D eigenvalue weighted by Gasteiger charge is -2.16. The van der Waals surface area contributed by atoms with Gasteiger partial charge in [0.15, 0.2) is 5.01 Å². The molecule has 0 amide bonds. The standard InChI is InChI=1S/C12H13F3N4S/c1-2-3-18-10(8-4-16-7-17-5-8)9-6-19-11(20-9)12(13,14)15/h4-7,10,18H,2-3H2,1H3. The number of nitrogens with one attached hydrogen (secondary N) is 1. The van der Waals surface area contributed by atoms with E-state index in [1.54, 1.807) is 12.4 Å². The molecule has 4 nitrogen and oxygen atoms in total. The van der Waals surface area contributed by atoms with Crippen LogP contribution in [-0.2, 0) is 6.18 Å². The Morgan fingerprint density at radius 1 is 1.25 bits per heavy atom. The van der Waals surface area contributed by atoms with E-state index in [0.717, 1.165) is 12.0 Å². The van der Waals surface area contributed by atoms with Crippen molar-refractivity contribution in [3.8, 4) is 0 Å². The van der Waals surface area contributed by atoms with E-state index in [0.29, 0.717) is 22.8 Å². The van der Waals surface area contributed by atoms with Crippen molar-refractivity contribution in [2.45, 2.75) is 25.6 Å². The maximum Gasteiger partial charge on any atom is 0.443 e. The lowest BCUT2D eigenvalue weighted by molar-refractivity contribution is -0.137. The van der Waals surface area contributed by atoms with E-state index in [9.17, 15) is 13.2 Å². The van der Waals surface area contributed by atoms with Crippen LogP contribution in [0.1, 0.15) is 34.8 Å². The van der Waals surface area contributed by atoms with Gasteiger partial charge < -0.3 is 5.32 Å². The molecule has 20 heavy (non-hydrogen) atoms. The van der Waals surface area contributed by atoms with Crippen molar-refractivity contribution in [3.63, 3.8) is 0 Å². The first-order valence-corrected chi connectivity index (χ1v) is 6.85. The fourth-order valence-corrected chi connectivity index (χ4v) is 2.57. The number of alkyl halides is 3. The van der Waals surface area contributed by atoms with Crippen molar-refractivity contribution in [2.24, 2.45) is 0 Å². The molecule has 0 aliphatic heterocycles. The van der Waals surface area contributed by atoms with Crippen LogP contribution in [0.3, 0.4) is 0 Å². The fraction of sp³-hybridized carbons (Fsp3) is 0.417. The molecule has 2 heterocycles. The van der Waals surface area contributed by atoms with Crippen LogP contribution in [0.2, 0.25) is 0 Å². The number of thiazole rings is 1. The van der Waals surface area contributed by atoms with Crippen LogP contribution in [0.25, 0.3) is 0 Å². The average Bonchev–Trinajstić information content (AvgIpc) is 2.90. The summed E-state index contributed by atoms with van der Waals surface area (Å²) in [7, 11) is 0.